The summed E-state index contributed by atoms with van der Waals surface area (Å²) in [5.41, 5.74) is 0.487. The average molecular weight is 219 g/mol. The Bertz CT molecular complexity index is 377. The summed E-state index contributed by atoms with van der Waals surface area (Å²) >= 11 is 0. The standard InChI is InChI=1S/C13H17NO2/c1-14-8-12(9-14)16-11-4-2-10(3-5-11)13(15)6-7-13/h2-5,12,15H,6-9H2,1H3. The largest absolute Gasteiger partial charge is 0.488 e. The van der Waals surface area contributed by atoms with Gasteiger partial charge in [-0.2, -0.15) is 0 Å². The molecule has 86 valence electrons. The van der Waals surface area contributed by atoms with Gasteiger partial charge >= 0.3 is 0 Å². The first kappa shape index (κ1) is 10.1. The molecule has 0 aromatic heterocycles. The van der Waals surface area contributed by atoms with E-state index >= 15 is 0 Å². The summed E-state index contributed by atoms with van der Waals surface area (Å²) < 4.78 is 5.79. The van der Waals surface area contributed by atoms with E-state index in [-0.39, 0.29) is 0 Å². The number of likely N-dealkylation sites (tertiary alicyclic amines) is 1. The Labute approximate surface area is 95.6 Å². The predicted octanol–water partition coefficient (Wildman–Crippen LogP) is 1.36. The van der Waals surface area contributed by atoms with Gasteiger partial charge < -0.3 is 9.84 Å². The Balaban J connectivity index is 1.64. The van der Waals surface area contributed by atoms with Crippen LogP contribution in [0.4, 0.5) is 0 Å². The summed E-state index contributed by atoms with van der Waals surface area (Å²) in [4.78, 5) is 2.23. The van der Waals surface area contributed by atoms with Crippen LogP contribution in [0.25, 0.3) is 0 Å². The van der Waals surface area contributed by atoms with E-state index in [0.717, 1.165) is 37.2 Å². The highest BCUT2D eigenvalue weighted by molar-refractivity contribution is 5.33. The van der Waals surface area contributed by atoms with Crippen LogP contribution in [0.2, 0.25) is 0 Å². The highest BCUT2D eigenvalue weighted by Crippen LogP contribution is 2.45. The highest BCUT2D eigenvalue weighted by Gasteiger charge is 2.41. The van der Waals surface area contributed by atoms with Crippen LogP contribution in [0.5, 0.6) is 5.75 Å². The fourth-order valence-electron chi connectivity index (χ4n) is 2.16. The number of likely N-dealkylation sites (N-methyl/N-ethyl adjacent to an activating group) is 1. The molecule has 3 heteroatoms. The van der Waals surface area contributed by atoms with Gasteiger partial charge in [0, 0.05) is 13.1 Å². The first-order valence-corrected chi connectivity index (χ1v) is 5.84. The lowest BCUT2D eigenvalue weighted by Crippen LogP contribution is -2.51. The van der Waals surface area contributed by atoms with Crippen molar-refractivity contribution in [3.63, 3.8) is 0 Å². The average Bonchev–Trinajstić information content (AvgIpc) is 2.97. The van der Waals surface area contributed by atoms with E-state index in [2.05, 4.69) is 11.9 Å². The van der Waals surface area contributed by atoms with Crippen LogP contribution < -0.4 is 4.74 Å². The first-order valence-electron chi connectivity index (χ1n) is 5.84. The van der Waals surface area contributed by atoms with E-state index in [1.54, 1.807) is 0 Å². The topological polar surface area (TPSA) is 32.7 Å². The second kappa shape index (κ2) is 3.47. The number of aliphatic hydroxyl groups is 1. The van der Waals surface area contributed by atoms with Gasteiger partial charge in [0.05, 0.1) is 5.60 Å². The lowest BCUT2D eigenvalue weighted by atomic mass is 10.1. The van der Waals surface area contributed by atoms with Crippen LogP contribution in [0.3, 0.4) is 0 Å². The van der Waals surface area contributed by atoms with Crippen molar-refractivity contribution < 1.29 is 9.84 Å². The van der Waals surface area contributed by atoms with E-state index in [4.69, 9.17) is 4.74 Å². The molecule has 1 aromatic carbocycles. The summed E-state index contributed by atoms with van der Waals surface area (Å²) in [6, 6.07) is 7.88. The van der Waals surface area contributed by atoms with Crippen LogP contribution in [-0.2, 0) is 5.60 Å². The second-order valence-electron chi connectivity index (χ2n) is 5.02. The van der Waals surface area contributed by atoms with Crippen molar-refractivity contribution in [3.8, 4) is 5.75 Å². The molecular formula is C13H17NO2. The third-order valence-electron chi connectivity index (χ3n) is 3.45. The molecule has 1 saturated heterocycles. The van der Waals surface area contributed by atoms with Crippen molar-refractivity contribution in [2.24, 2.45) is 0 Å². The fraction of sp³-hybridized carbons (Fsp3) is 0.538. The Morgan fingerprint density at radius 1 is 1.25 bits per heavy atom. The maximum absolute atomic E-state index is 9.92. The molecule has 1 heterocycles. The summed E-state index contributed by atoms with van der Waals surface area (Å²) in [5.74, 6) is 0.908. The van der Waals surface area contributed by atoms with Crippen LogP contribution in [0, 0.1) is 0 Å². The van der Waals surface area contributed by atoms with Crippen LogP contribution in [0.15, 0.2) is 24.3 Å². The van der Waals surface area contributed by atoms with E-state index in [1.165, 1.54) is 0 Å². The molecule has 0 bridgehead atoms. The molecule has 3 rings (SSSR count). The number of ether oxygens (including phenoxy) is 1. The van der Waals surface area contributed by atoms with Gasteiger partial charge in [-0.1, -0.05) is 12.1 Å². The molecule has 1 aliphatic heterocycles. The van der Waals surface area contributed by atoms with Crippen molar-refractivity contribution in [1.82, 2.24) is 4.90 Å². The van der Waals surface area contributed by atoms with E-state index in [0.29, 0.717) is 6.10 Å². The van der Waals surface area contributed by atoms with Crippen molar-refractivity contribution in [2.45, 2.75) is 24.5 Å². The number of nitrogens with zero attached hydrogens (tertiary/aromatic N) is 1. The maximum atomic E-state index is 9.92. The van der Waals surface area contributed by atoms with Gasteiger partial charge in [-0.15, -0.1) is 0 Å². The van der Waals surface area contributed by atoms with E-state index < -0.39 is 5.60 Å². The van der Waals surface area contributed by atoms with Crippen LogP contribution in [-0.4, -0.2) is 36.2 Å². The molecule has 1 saturated carbocycles. The summed E-state index contributed by atoms with van der Waals surface area (Å²) in [5, 5.41) is 9.92. The zero-order valence-electron chi connectivity index (χ0n) is 9.52. The van der Waals surface area contributed by atoms with Crippen LogP contribution >= 0.6 is 0 Å². The normalized spacial score (nSPS) is 23.9. The molecule has 0 unspecified atom stereocenters. The Morgan fingerprint density at radius 2 is 1.88 bits per heavy atom. The predicted molar refractivity (Wildman–Crippen MR) is 61.5 cm³/mol. The molecule has 1 aliphatic carbocycles. The van der Waals surface area contributed by atoms with Gasteiger partial charge in [0.1, 0.15) is 11.9 Å². The van der Waals surface area contributed by atoms with Gasteiger partial charge in [0.25, 0.3) is 0 Å². The van der Waals surface area contributed by atoms with Gasteiger partial charge in [0.2, 0.25) is 0 Å². The molecule has 1 N–H and O–H groups in total. The quantitative estimate of drug-likeness (QED) is 0.833. The summed E-state index contributed by atoms with van der Waals surface area (Å²) in [7, 11) is 2.09. The minimum absolute atomic E-state index is 0.333. The lowest BCUT2D eigenvalue weighted by molar-refractivity contribution is 0.0388. The van der Waals surface area contributed by atoms with Crippen molar-refractivity contribution in [1.29, 1.82) is 0 Å². The molecule has 0 spiro atoms. The van der Waals surface area contributed by atoms with E-state index in [9.17, 15) is 5.11 Å². The number of benzene rings is 1. The summed E-state index contributed by atoms with van der Waals surface area (Å²) in [6.45, 7) is 2.01. The summed E-state index contributed by atoms with van der Waals surface area (Å²) in [6.07, 6.45) is 2.11. The Morgan fingerprint density at radius 3 is 2.38 bits per heavy atom. The third kappa shape index (κ3) is 1.81. The smallest absolute Gasteiger partial charge is 0.124 e. The fourth-order valence-corrected chi connectivity index (χ4v) is 2.16. The van der Waals surface area contributed by atoms with Gasteiger partial charge in [-0.25, -0.2) is 0 Å². The van der Waals surface area contributed by atoms with Gasteiger partial charge in [-0.05, 0) is 37.6 Å². The Kier molecular flexibility index (Phi) is 2.19. The van der Waals surface area contributed by atoms with Gasteiger partial charge in [0.15, 0.2) is 0 Å². The van der Waals surface area contributed by atoms with Crippen LogP contribution in [0.1, 0.15) is 18.4 Å². The first-order chi connectivity index (χ1) is 7.66. The van der Waals surface area contributed by atoms with Crippen molar-refractivity contribution >= 4 is 0 Å². The second-order valence-corrected chi connectivity index (χ2v) is 5.02. The SMILES string of the molecule is CN1CC(Oc2ccc(C3(O)CC3)cc2)C1. The molecule has 2 fully saturated rings. The Hall–Kier alpha value is -1.06. The molecule has 0 radical (unpaired) electrons. The molecule has 3 nitrogen and oxygen atoms in total. The molecule has 16 heavy (non-hydrogen) atoms. The minimum atomic E-state index is -0.533. The molecule has 1 aromatic rings. The molecule has 0 amide bonds. The zero-order valence-corrected chi connectivity index (χ0v) is 9.52. The van der Waals surface area contributed by atoms with Gasteiger partial charge in [-0.3, -0.25) is 4.90 Å². The molecular weight excluding hydrogens is 202 g/mol. The number of rotatable bonds is 3. The monoisotopic (exact) mass is 219 g/mol. The number of hydrogen-bond donors (Lipinski definition) is 1. The minimum Gasteiger partial charge on any atom is -0.488 e. The third-order valence-corrected chi connectivity index (χ3v) is 3.45. The van der Waals surface area contributed by atoms with E-state index in [1.807, 2.05) is 24.3 Å². The molecule has 2 aliphatic rings. The zero-order chi connectivity index (χ0) is 11.2. The number of hydrogen-bond acceptors (Lipinski definition) is 3. The maximum Gasteiger partial charge on any atom is 0.124 e. The van der Waals surface area contributed by atoms with Crippen molar-refractivity contribution in [3.05, 3.63) is 29.8 Å². The molecule has 0 atom stereocenters. The lowest BCUT2D eigenvalue weighted by Gasteiger charge is -2.36. The highest BCUT2D eigenvalue weighted by atomic mass is 16.5. The van der Waals surface area contributed by atoms with Crippen molar-refractivity contribution in [2.75, 3.05) is 20.1 Å².